The number of aliphatic carboxylic acids is 1. The molecule has 0 bridgehead atoms. The topological polar surface area (TPSA) is 141 Å². The second-order valence-corrected chi connectivity index (χ2v) is 8.98. The third-order valence-corrected chi connectivity index (χ3v) is 5.90. The summed E-state index contributed by atoms with van der Waals surface area (Å²) in [6, 6.07) is 17.2. The van der Waals surface area contributed by atoms with Gasteiger partial charge in [-0.25, -0.2) is 19.1 Å². The van der Waals surface area contributed by atoms with E-state index in [-0.39, 0.29) is 24.3 Å². The maximum atomic E-state index is 13.3. The van der Waals surface area contributed by atoms with Crippen LogP contribution in [0, 0.1) is 12.8 Å². The lowest BCUT2D eigenvalue weighted by atomic mass is 10.1. The standard InChI is InChI=1S/C27H27N5O6/c1-17-4-6-19(7-5-17)16-31-25(29-26(36)32(27(31)37)15-18(2)24(34)35)28-20-8-10-21(11-9-20)38-22-12-13-30(3)23(33)14-22/h4-14,18H,15-16H2,1-3H3,(H,34,35)(H,28,29,36)/t18-/m0/s1. The van der Waals surface area contributed by atoms with Gasteiger partial charge in [-0.05, 0) is 42.8 Å². The van der Waals surface area contributed by atoms with E-state index in [0.717, 1.165) is 15.7 Å². The first-order chi connectivity index (χ1) is 18.1. The number of nitrogens with zero attached hydrogens (tertiary/aromatic N) is 4. The van der Waals surface area contributed by atoms with Crippen LogP contribution in [0.2, 0.25) is 0 Å². The van der Waals surface area contributed by atoms with Gasteiger partial charge in [0.1, 0.15) is 11.5 Å². The van der Waals surface area contributed by atoms with Crippen molar-refractivity contribution in [3.8, 4) is 11.5 Å². The van der Waals surface area contributed by atoms with Crippen molar-refractivity contribution >= 4 is 11.7 Å². The van der Waals surface area contributed by atoms with Crippen molar-refractivity contribution in [3.05, 3.63) is 115 Å². The molecule has 1 atom stereocenters. The monoisotopic (exact) mass is 517 g/mol. The quantitative estimate of drug-likeness (QED) is 0.367. The van der Waals surface area contributed by atoms with Crippen LogP contribution in [-0.2, 0) is 24.9 Å². The molecule has 38 heavy (non-hydrogen) atoms. The molecule has 0 fully saturated rings. The zero-order valence-electron chi connectivity index (χ0n) is 21.1. The third kappa shape index (κ3) is 6.06. The fraction of sp³-hybridized carbons (Fsp3) is 0.222. The average molecular weight is 518 g/mol. The Kier molecular flexibility index (Phi) is 7.56. The second kappa shape index (κ2) is 11.0. The van der Waals surface area contributed by atoms with Gasteiger partial charge in [0.15, 0.2) is 0 Å². The van der Waals surface area contributed by atoms with Crippen molar-refractivity contribution in [1.82, 2.24) is 18.7 Å². The fourth-order valence-corrected chi connectivity index (χ4v) is 3.61. The normalized spacial score (nSPS) is 12.3. The van der Waals surface area contributed by atoms with E-state index in [1.165, 1.54) is 22.1 Å². The van der Waals surface area contributed by atoms with Crippen LogP contribution in [0.5, 0.6) is 11.5 Å². The zero-order valence-corrected chi connectivity index (χ0v) is 21.1. The highest BCUT2D eigenvalue weighted by Gasteiger charge is 2.17. The Bertz CT molecular complexity index is 1710. The number of carboxylic acid groups (broad SMARTS) is 1. The van der Waals surface area contributed by atoms with Crippen LogP contribution in [0.1, 0.15) is 18.1 Å². The van der Waals surface area contributed by atoms with Crippen molar-refractivity contribution in [2.24, 2.45) is 18.0 Å². The van der Waals surface area contributed by atoms with Gasteiger partial charge in [-0.2, -0.15) is 0 Å². The third-order valence-electron chi connectivity index (χ3n) is 5.90. The van der Waals surface area contributed by atoms with E-state index >= 15 is 0 Å². The van der Waals surface area contributed by atoms with Crippen molar-refractivity contribution in [3.63, 3.8) is 0 Å². The van der Waals surface area contributed by atoms with Crippen LogP contribution >= 0.6 is 0 Å². The number of aromatic nitrogens is 4. The highest BCUT2D eigenvalue weighted by Crippen LogP contribution is 2.22. The molecule has 2 aromatic carbocycles. The fourth-order valence-electron chi connectivity index (χ4n) is 3.61. The Morgan fingerprint density at radius 2 is 1.68 bits per heavy atom. The highest BCUT2D eigenvalue weighted by atomic mass is 16.5. The number of carboxylic acids is 1. The van der Waals surface area contributed by atoms with Gasteiger partial charge in [0.05, 0.1) is 18.2 Å². The number of benzene rings is 2. The van der Waals surface area contributed by atoms with E-state index in [2.05, 4.69) is 9.98 Å². The summed E-state index contributed by atoms with van der Waals surface area (Å²) in [5.41, 5.74) is 0.668. The number of hydrogen-bond acceptors (Lipinski definition) is 6. The number of aromatic amines is 1. The van der Waals surface area contributed by atoms with E-state index in [9.17, 15) is 24.3 Å². The predicted octanol–water partition coefficient (Wildman–Crippen LogP) is 2.14. The Hall–Kier alpha value is -4.93. The van der Waals surface area contributed by atoms with Gasteiger partial charge in [0.2, 0.25) is 5.62 Å². The molecule has 0 radical (unpaired) electrons. The molecule has 11 nitrogen and oxygen atoms in total. The van der Waals surface area contributed by atoms with Crippen LogP contribution in [0.25, 0.3) is 0 Å². The van der Waals surface area contributed by atoms with Crippen LogP contribution in [-0.4, -0.2) is 29.8 Å². The second-order valence-electron chi connectivity index (χ2n) is 8.98. The number of pyridine rings is 1. The SMILES string of the molecule is Cc1ccc(Cn2c(=O)n(C[C@H](C)C(=O)O)c(=O)[nH]/c2=N\c2ccc(Oc3ccn(C)c(=O)c3)cc2)cc1. The first kappa shape index (κ1) is 26.1. The lowest BCUT2D eigenvalue weighted by Crippen LogP contribution is -2.51. The van der Waals surface area contributed by atoms with Crippen molar-refractivity contribution in [1.29, 1.82) is 0 Å². The minimum absolute atomic E-state index is 0.0139. The highest BCUT2D eigenvalue weighted by molar-refractivity contribution is 5.69. The molecule has 0 aliphatic heterocycles. The first-order valence-electron chi connectivity index (χ1n) is 11.8. The van der Waals surface area contributed by atoms with Crippen LogP contribution in [0.4, 0.5) is 5.69 Å². The number of nitrogens with one attached hydrogen (secondary N) is 1. The Labute approximate surface area is 216 Å². The largest absolute Gasteiger partial charge is 0.481 e. The van der Waals surface area contributed by atoms with Crippen molar-refractivity contribution in [2.45, 2.75) is 26.9 Å². The summed E-state index contributed by atoms with van der Waals surface area (Å²) in [6.45, 7) is 3.20. The van der Waals surface area contributed by atoms with E-state index in [4.69, 9.17) is 4.74 Å². The van der Waals surface area contributed by atoms with Gasteiger partial charge in [-0.3, -0.25) is 19.1 Å². The minimum atomic E-state index is -1.12. The molecule has 0 saturated carbocycles. The van der Waals surface area contributed by atoms with Crippen LogP contribution in [0.3, 0.4) is 0 Å². The molecule has 0 unspecified atom stereocenters. The molecule has 2 N–H and O–H groups in total. The number of hydrogen-bond donors (Lipinski definition) is 2. The van der Waals surface area contributed by atoms with Crippen molar-refractivity contribution < 1.29 is 14.6 Å². The summed E-state index contributed by atoms with van der Waals surface area (Å²) in [5.74, 6) is -1.20. The molecule has 4 aromatic rings. The molecule has 11 heteroatoms. The van der Waals surface area contributed by atoms with E-state index in [1.807, 2.05) is 31.2 Å². The summed E-state index contributed by atoms with van der Waals surface area (Å²) < 4.78 is 9.32. The number of aryl methyl sites for hydroxylation is 2. The van der Waals surface area contributed by atoms with Crippen LogP contribution < -0.4 is 27.3 Å². The molecule has 0 saturated heterocycles. The molecular formula is C27H27N5O6. The number of H-pyrrole nitrogens is 1. The van der Waals surface area contributed by atoms with E-state index in [1.54, 1.807) is 43.6 Å². The molecule has 0 aliphatic carbocycles. The number of ether oxygens (including phenoxy) is 1. The lowest BCUT2D eigenvalue weighted by Gasteiger charge is -2.13. The molecule has 2 aromatic heterocycles. The Balaban J connectivity index is 1.73. The van der Waals surface area contributed by atoms with E-state index < -0.39 is 23.3 Å². The summed E-state index contributed by atoms with van der Waals surface area (Å²) in [4.78, 5) is 56.4. The number of rotatable bonds is 8. The van der Waals surface area contributed by atoms with Gasteiger partial charge >= 0.3 is 17.3 Å². The number of carbonyl (C=O) groups is 1. The van der Waals surface area contributed by atoms with Gasteiger partial charge in [0, 0.05) is 25.9 Å². The van der Waals surface area contributed by atoms with Gasteiger partial charge < -0.3 is 14.4 Å². The molecule has 4 rings (SSSR count). The molecule has 0 amide bonds. The average Bonchev–Trinajstić information content (AvgIpc) is 2.88. The maximum Gasteiger partial charge on any atom is 0.335 e. The van der Waals surface area contributed by atoms with E-state index in [0.29, 0.717) is 17.2 Å². The summed E-state index contributed by atoms with van der Waals surface area (Å²) in [6.07, 6.45) is 1.60. The van der Waals surface area contributed by atoms with Gasteiger partial charge in [0.25, 0.3) is 5.56 Å². The first-order valence-corrected chi connectivity index (χ1v) is 11.8. The van der Waals surface area contributed by atoms with Gasteiger partial charge in [-0.15, -0.1) is 0 Å². The summed E-state index contributed by atoms with van der Waals surface area (Å²) in [7, 11) is 1.64. The molecule has 0 aliphatic rings. The van der Waals surface area contributed by atoms with Crippen molar-refractivity contribution in [2.75, 3.05) is 0 Å². The molecule has 0 spiro atoms. The molecular weight excluding hydrogens is 490 g/mol. The smallest absolute Gasteiger partial charge is 0.335 e. The maximum absolute atomic E-state index is 13.3. The molecule has 2 heterocycles. The van der Waals surface area contributed by atoms with Gasteiger partial charge in [-0.1, -0.05) is 36.8 Å². The minimum Gasteiger partial charge on any atom is -0.481 e. The lowest BCUT2D eigenvalue weighted by molar-refractivity contribution is -0.141. The predicted molar refractivity (Wildman–Crippen MR) is 140 cm³/mol. The Morgan fingerprint density at radius 3 is 2.32 bits per heavy atom. The summed E-state index contributed by atoms with van der Waals surface area (Å²) >= 11 is 0. The molecule has 196 valence electrons. The Morgan fingerprint density at radius 1 is 1.00 bits per heavy atom. The van der Waals surface area contributed by atoms with Crippen LogP contribution in [0.15, 0.2) is 86.2 Å². The zero-order chi connectivity index (χ0) is 27.4. The summed E-state index contributed by atoms with van der Waals surface area (Å²) in [5, 5.41) is 9.27.